The van der Waals surface area contributed by atoms with Crippen LogP contribution >= 0.6 is 24.2 Å². The Kier molecular flexibility index (Phi) is 5.62. The molecule has 1 heterocycles. The van der Waals surface area contributed by atoms with Gasteiger partial charge in [0.1, 0.15) is 11.6 Å². The fourth-order valence-corrected chi connectivity index (χ4v) is 3.42. The van der Waals surface area contributed by atoms with Gasteiger partial charge in [-0.15, -0.1) is 24.2 Å². The number of nitrogens with zero attached hydrogens (tertiary/aromatic N) is 1. The molecule has 0 aromatic heterocycles. The first-order valence-electron chi connectivity index (χ1n) is 6.78. The van der Waals surface area contributed by atoms with Gasteiger partial charge in [-0.2, -0.15) is 0 Å². The summed E-state index contributed by atoms with van der Waals surface area (Å²) in [6, 6.07) is 10.0. The van der Waals surface area contributed by atoms with Gasteiger partial charge in [0.15, 0.2) is 0 Å². The number of para-hydroxylation sites is 1. The molecule has 23 heavy (non-hydrogen) atoms. The Morgan fingerprint density at radius 1 is 1.17 bits per heavy atom. The molecule has 1 amide bonds. The van der Waals surface area contributed by atoms with Gasteiger partial charge in [0.05, 0.1) is 18.3 Å². The molecule has 0 saturated heterocycles. The largest absolute Gasteiger partial charge is 0.319 e. The topological polar surface area (TPSA) is 46.3 Å². The summed E-state index contributed by atoms with van der Waals surface area (Å²) in [6.07, 6.45) is 0. The van der Waals surface area contributed by atoms with Crippen molar-refractivity contribution in [1.82, 2.24) is 0 Å². The minimum Gasteiger partial charge on any atom is -0.319 e. The summed E-state index contributed by atoms with van der Waals surface area (Å²) in [5.74, 6) is -1.10. The van der Waals surface area contributed by atoms with Crippen molar-refractivity contribution >= 4 is 35.8 Å². The predicted octanol–water partition coefficient (Wildman–Crippen LogP) is 3.35. The number of anilines is 1. The highest BCUT2D eigenvalue weighted by Gasteiger charge is 2.28. The SMILES string of the molecule is Cl.N[C@H]1CSc2ccccc2N(Cc2cc(F)cc(F)c2)C1=O. The van der Waals surface area contributed by atoms with Crippen LogP contribution in [0.3, 0.4) is 0 Å². The number of nitrogens with two attached hydrogens (primary N) is 1. The number of carbonyl (C=O) groups is 1. The highest BCUT2D eigenvalue weighted by atomic mass is 35.5. The van der Waals surface area contributed by atoms with Crippen molar-refractivity contribution in [3.8, 4) is 0 Å². The summed E-state index contributed by atoms with van der Waals surface area (Å²) in [5, 5.41) is 0. The van der Waals surface area contributed by atoms with Crippen molar-refractivity contribution < 1.29 is 13.6 Å². The first-order valence-corrected chi connectivity index (χ1v) is 7.77. The Hall–Kier alpha value is -1.63. The number of fused-ring (bicyclic) bond motifs is 1. The first-order chi connectivity index (χ1) is 10.5. The van der Waals surface area contributed by atoms with Crippen LogP contribution in [0.5, 0.6) is 0 Å². The molecular weight excluding hydrogens is 342 g/mol. The van der Waals surface area contributed by atoms with Crippen LogP contribution in [0.4, 0.5) is 14.5 Å². The molecule has 122 valence electrons. The van der Waals surface area contributed by atoms with Crippen LogP contribution in [-0.2, 0) is 11.3 Å². The molecule has 3 rings (SSSR count). The summed E-state index contributed by atoms with van der Waals surface area (Å²) in [7, 11) is 0. The molecule has 2 N–H and O–H groups in total. The van der Waals surface area contributed by atoms with Crippen LogP contribution in [-0.4, -0.2) is 17.7 Å². The Bertz CT molecular complexity index is 709. The summed E-state index contributed by atoms with van der Waals surface area (Å²) in [5.41, 5.74) is 7.01. The molecule has 0 spiro atoms. The van der Waals surface area contributed by atoms with Crippen LogP contribution in [0.1, 0.15) is 5.56 Å². The van der Waals surface area contributed by atoms with Gasteiger partial charge in [0.2, 0.25) is 5.91 Å². The summed E-state index contributed by atoms with van der Waals surface area (Å²) >= 11 is 1.51. The lowest BCUT2D eigenvalue weighted by Gasteiger charge is -2.24. The summed E-state index contributed by atoms with van der Waals surface area (Å²) in [4.78, 5) is 14.9. The van der Waals surface area contributed by atoms with E-state index in [1.165, 1.54) is 28.8 Å². The standard InChI is InChI=1S/C16H14F2N2OS.ClH/c17-11-5-10(6-12(18)7-11)8-20-14-3-1-2-4-15(14)22-9-13(19)16(20)21;/h1-7,13H,8-9,19H2;1H/t13-;/m0./s1. The van der Waals surface area contributed by atoms with E-state index >= 15 is 0 Å². The molecule has 3 nitrogen and oxygen atoms in total. The lowest BCUT2D eigenvalue weighted by Crippen LogP contribution is -2.44. The fourth-order valence-electron chi connectivity index (χ4n) is 2.42. The quantitative estimate of drug-likeness (QED) is 0.897. The van der Waals surface area contributed by atoms with Crippen molar-refractivity contribution in [2.24, 2.45) is 5.73 Å². The number of benzene rings is 2. The number of hydrogen-bond acceptors (Lipinski definition) is 3. The average molecular weight is 357 g/mol. The number of rotatable bonds is 2. The maximum atomic E-state index is 13.4. The van der Waals surface area contributed by atoms with Crippen LogP contribution < -0.4 is 10.6 Å². The van der Waals surface area contributed by atoms with E-state index in [9.17, 15) is 13.6 Å². The van der Waals surface area contributed by atoms with Gasteiger partial charge < -0.3 is 10.6 Å². The zero-order valence-corrected chi connectivity index (χ0v) is 13.7. The van der Waals surface area contributed by atoms with Crippen LogP contribution in [0.15, 0.2) is 47.4 Å². The van der Waals surface area contributed by atoms with Crippen molar-refractivity contribution in [2.75, 3.05) is 10.7 Å². The fraction of sp³-hybridized carbons (Fsp3) is 0.188. The van der Waals surface area contributed by atoms with Gasteiger partial charge in [-0.1, -0.05) is 12.1 Å². The predicted molar refractivity (Wildman–Crippen MR) is 89.9 cm³/mol. The Balaban J connectivity index is 0.00000192. The van der Waals surface area contributed by atoms with Gasteiger partial charge in [0.25, 0.3) is 0 Å². The monoisotopic (exact) mass is 356 g/mol. The first kappa shape index (κ1) is 17.7. The number of hydrogen-bond donors (Lipinski definition) is 1. The molecule has 0 bridgehead atoms. The second-order valence-electron chi connectivity index (χ2n) is 5.09. The lowest BCUT2D eigenvalue weighted by atomic mass is 10.1. The van der Waals surface area contributed by atoms with E-state index in [4.69, 9.17) is 5.73 Å². The molecule has 1 aliphatic rings. The average Bonchev–Trinajstić information content (AvgIpc) is 2.59. The van der Waals surface area contributed by atoms with Crippen molar-refractivity contribution in [3.63, 3.8) is 0 Å². The van der Waals surface area contributed by atoms with Gasteiger partial charge in [0, 0.05) is 16.7 Å². The Morgan fingerprint density at radius 2 is 1.83 bits per heavy atom. The molecule has 2 aromatic rings. The van der Waals surface area contributed by atoms with Crippen molar-refractivity contribution in [3.05, 3.63) is 59.7 Å². The minimum atomic E-state index is -0.663. The molecule has 0 unspecified atom stereocenters. The summed E-state index contributed by atoms with van der Waals surface area (Å²) in [6.45, 7) is 0.0821. The molecule has 0 fully saturated rings. The molecular formula is C16H15ClF2N2OS. The third-order valence-corrected chi connectivity index (χ3v) is 4.60. The zero-order chi connectivity index (χ0) is 15.7. The second-order valence-corrected chi connectivity index (χ2v) is 6.15. The van der Waals surface area contributed by atoms with Gasteiger partial charge in [-0.25, -0.2) is 8.78 Å². The molecule has 2 aromatic carbocycles. The number of halogens is 3. The van der Waals surface area contributed by atoms with E-state index in [0.29, 0.717) is 11.3 Å². The molecule has 7 heteroatoms. The van der Waals surface area contributed by atoms with Crippen LogP contribution in [0.2, 0.25) is 0 Å². The van der Waals surface area contributed by atoms with Gasteiger partial charge in [-0.05, 0) is 29.8 Å². The van der Waals surface area contributed by atoms with E-state index in [2.05, 4.69) is 0 Å². The third kappa shape index (κ3) is 3.83. The van der Waals surface area contributed by atoms with Crippen LogP contribution in [0.25, 0.3) is 0 Å². The number of thioether (sulfide) groups is 1. The smallest absolute Gasteiger partial charge is 0.245 e. The molecule has 0 radical (unpaired) electrons. The second kappa shape index (κ2) is 7.29. The Morgan fingerprint density at radius 3 is 2.52 bits per heavy atom. The maximum Gasteiger partial charge on any atom is 0.245 e. The van der Waals surface area contributed by atoms with Crippen LogP contribution in [0, 0.1) is 11.6 Å². The van der Waals surface area contributed by atoms with Crippen molar-refractivity contribution in [1.29, 1.82) is 0 Å². The number of amides is 1. The molecule has 0 saturated carbocycles. The normalized spacial score (nSPS) is 17.3. The van der Waals surface area contributed by atoms with E-state index in [1.807, 2.05) is 24.3 Å². The molecule has 1 atom stereocenters. The third-order valence-electron chi connectivity index (χ3n) is 3.42. The number of carbonyl (C=O) groups excluding carboxylic acids is 1. The maximum absolute atomic E-state index is 13.4. The van der Waals surface area contributed by atoms with E-state index < -0.39 is 17.7 Å². The minimum absolute atomic E-state index is 0. The van der Waals surface area contributed by atoms with Gasteiger partial charge >= 0.3 is 0 Å². The Labute approximate surface area is 143 Å². The molecule has 1 aliphatic heterocycles. The van der Waals surface area contributed by atoms with Gasteiger partial charge in [-0.3, -0.25) is 4.79 Å². The highest BCUT2D eigenvalue weighted by Crippen LogP contribution is 2.34. The van der Waals surface area contributed by atoms with E-state index in [1.54, 1.807) is 0 Å². The van der Waals surface area contributed by atoms with E-state index in [0.717, 1.165) is 16.6 Å². The zero-order valence-electron chi connectivity index (χ0n) is 12.0. The molecule has 0 aliphatic carbocycles. The summed E-state index contributed by atoms with van der Waals surface area (Å²) < 4.78 is 26.7. The highest BCUT2D eigenvalue weighted by molar-refractivity contribution is 7.99. The van der Waals surface area contributed by atoms with Crippen molar-refractivity contribution in [2.45, 2.75) is 17.5 Å². The lowest BCUT2D eigenvalue weighted by molar-refractivity contribution is -0.119. The van der Waals surface area contributed by atoms with E-state index in [-0.39, 0.29) is 24.9 Å².